The number of urea groups is 1. The number of ether oxygens (including phenoxy) is 2. The Morgan fingerprint density at radius 2 is 2.19 bits per heavy atom. The molecule has 1 fully saturated rings. The number of aromatic nitrogens is 1. The molecule has 0 bridgehead atoms. The van der Waals surface area contributed by atoms with E-state index in [2.05, 4.69) is 10.3 Å². The van der Waals surface area contributed by atoms with Crippen LogP contribution < -0.4 is 10.1 Å². The first-order chi connectivity index (χ1) is 13.2. The number of carbonyl (C=O) groups is 1. The van der Waals surface area contributed by atoms with E-state index in [1.807, 2.05) is 6.92 Å². The summed E-state index contributed by atoms with van der Waals surface area (Å²) in [6, 6.07) is 9.15. The van der Waals surface area contributed by atoms with Gasteiger partial charge in [0.1, 0.15) is 5.69 Å². The first-order valence-corrected chi connectivity index (χ1v) is 9.22. The standard InChI is InChI=1S/C20H24FN3O3/c1-2-24(14-15-8-5-6-13-26-15)20(25)23-17-10-7-12-22-19(17)27-18-11-4-3-9-16(18)21/h3-4,7,9-12,15H,2,5-6,8,13-14H2,1H3,(H,23,25)/t15-/m0/s1. The molecule has 2 amide bonds. The second-order valence-corrected chi connectivity index (χ2v) is 6.35. The number of rotatable bonds is 6. The molecule has 3 rings (SSSR count). The molecule has 1 aliphatic rings. The van der Waals surface area contributed by atoms with Gasteiger partial charge in [-0.2, -0.15) is 0 Å². The first kappa shape index (κ1) is 19.1. The second kappa shape index (κ2) is 9.32. The molecule has 2 aromatic rings. The zero-order valence-electron chi connectivity index (χ0n) is 15.4. The van der Waals surface area contributed by atoms with Gasteiger partial charge in [0, 0.05) is 25.9 Å². The van der Waals surface area contributed by atoms with Gasteiger partial charge in [0.15, 0.2) is 11.6 Å². The predicted molar refractivity (Wildman–Crippen MR) is 101 cm³/mol. The molecule has 144 valence electrons. The van der Waals surface area contributed by atoms with Crippen molar-refractivity contribution in [2.45, 2.75) is 32.3 Å². The van der Waals surface area contributed by atoms with Crippen LogP contribution in [0.3, 0.4) is 0 Å². The Morgan fingerprint density at radius 1 is 1.33 bits per heavy atom. The SMILES string of the molecule is CCN(C[C@@H]1CCCCO1)C(=O)Nc1cccnc1Oc1ccccc1F. The number of para-hydroxylation sites is 1. The third-order valence-corrected chi connectivity index (χ3v) is 4.42. The lowest BCUT2D eigenvalue weighted by molar-refractivity contribution is 0.00221. The monoisotopic (exact) mass is 373 g/mol. The number of halogens is 1. The summed E-state index contributed by atoms with van der Waals surface area (Å²) in [5.74, 6) is -0.305. The van der Waals surface area contributed by atoms with Crippen LogP contribution in [0.15, 0.2) is 42.6 Å². The number of likely N-dealkylation sites (N-methyl/N-ethyl adjacent to an activating group) is 1. The quantitative estimate of drug-likeness (QED) is 0.813. The second-order valence-electron chi connectivity index (χ2n) is 6.35. The summed E-state index contributed by atoms with van der Waals surface area (Å²) in [6.45, 7) is 3.75. The summed E-state index contributed by atoms with van der Waals surface area (Å²) >= 11 is 0. The van der Waals surface area contributed by atoms with E-state index in [0.717, 1.165) is 25.9 Å². The van der Waals surface area contributed by atoms with Gasteiger partial charge in [0.25, 0.3) is 0 Å². The summed E-state index contributed by atoms with van der Waals surface area (Å²) in [4.78, 5) is 18.5. The summed E-state index contributed by atoms with van der Waals surface area (Å²) in [5, 5.41) is 2.81. The minimum atomic E-state index is -0.495. The van der Waals surface area contributed by atoms with Crippen molar-refractivity contribution in [2.24, 2.45) is 0 Å². The molecule has 1 aromatic heterocycles. The number of nitrogens with one attached hydrogen (secondary N) is 1. The summed E-state index contributed by atoms with van der Waals surface area (Å²) in [5.41, 5.74) is 0.383. The maximum absolute atomic E-state index is 13.9. The van der Waals surface area contributed by atoms with E-state index in [1.54, 1.807) is 29.2 Å². The van der Waals surface area contributed by atoms with Crippen molar-refractivity contribution in [2.75, 3.05) is 25.0 Å². The molecule has 0 radical (unpaired) electrons. The largest absolute Gasteiger partial charge is 0.434 e. The minimum Gasteiger partial charge on any atom is -0.434 e. The molecule has 0 aliphatic carbocycles. The Kier molecular flexibility index (Phi) is 6.59. The third kappa shape index (κ3) is 5.17. The lowest BCUT2D eigenvalue weighted by Gasteiger charge is -2.29. The van der Waals surface area contributed by atoms with Crippen molar-refractivity contribution < 1.29 is 18.7 Å². The van der Waals surface area contributed by atoms with Crippen LogP contribution in [0.4, 0.5) is 14.9 Å². The normalized spacial score (nSPS) is 16.6. The molecule has 27 heavy (non-hydrogen) atoms. The van der Waals surface area contributed by atoms with Crippen LogP contribution in [0.2, 0.25) is 0 Å². The van der Waals surface area contributed by atoms with Crippen LogP contribution in [-0.2, 0) is 4.74 Å². The van der Waals surface area contributed by atoms with Gasteiger partial charge in [0.05, 0.1) is 6.10 Å². The zero-order chi connectivity index (χ0) is 19.1. The molecule has 1 N–H and O–H groups in total. The summed E-state index contributed by atoms with van der Waals surface area (Å²) in [7, 11) is 0. The van der Waals surface area contributed by atoms with E-state index in [1.165, 1.54) is 18.3 Å². The van der Waals surface area contributed by atoms with Gasteiger partial charge in [-0.3, -0.25) is 0 Å². The average molecular weight is 373 g/mol. The molecule has 1 saturated heterocycles. The van der Waals surface area contributed by atoms with Gasteiger partial charge in [0.2, 0.25) is 5.88 Å². The minimum absolute atomic E-state index is 0.0506. The van der Waals surface area contributed by atoms with Crippen molar-refractivity contribution in [3.63, 3.8) is 0 Å². The molecule has 1 aliphatic heterocycles. The maximum Gasteiger partial charge on any atom is 0.322 e. The molecule has 0 unspecified atom stereocenters. The van der Waals surface area contributed by atoms with Gasteiger partial charge in [-0.1, -0.05) is 12.1 Å². The Labute approximate surface area is 158 Å². The van der Waals surface area contributed by atoms with Gasteiger partial charge in [-0.25, -0.2) is 14.2 Å². The highest BCUT2D eigenvalue weighted by Gasteiger charge is 2.21. The first-order valence-electron chi connectivity index (χ1n) is 9.22. The van der Waals surface area contributed by atoms with Gasteiger partial charge in [-0.15, -0.1) is 0 Å². The Morgan fingerprint density at radius 3 is 2.93 bits per heavy atom. The van der Waals surface area contributed by atoms with Gasteiger partial charge < -0.3 is 19.7 Å². The highest BCUT2D eigenvalue weighted by molar-refractivity contribution is 5.90. The van der Waals surface area contributed by atoms with E-state index in [-0.39, 0.29) is 23.8 Å². The van der Waals surface area contributed by atoms with Crippen LogP contribution >= 0.6 is 0 Å². The van der Waals surface area contributed by atoms with Crippen LogP contribution in [0, 0.1) is 5.82 Å². The number of hydrogen-bond donors (Lipinski definition) is 1. The number of amides is 2. The van der Waals surface area contributed by atoms with Gasteiger partial charge in [-0.05, 0) is 50.5 Å². The molecular formula is C20H24FN3O3. The molecular weight excluding hydrogens is 349 g/mol. The fourth-order valence-corrected chi connectivity index (χ4v) is 2.95. The Bertz CT molecular complexity index is 766. The van der Waals surface area contributed by atoms with E-state index >= 15 is 0 Å². The number of carbonyl (C=O) groups excluding carboxylic acids is 1. The zero-order valence-corrected chi connectivity index (χ0v) is 15.4. The van der Waals surface area contributed by atoms with Crippen LogP contribution in [0.25, 0.3) is 0 Å². The van der Waals surface area contributed by atoms with Crippen molar-refractivity contribution in [3.8, 4) is 11.6 Å². The lowest BCUT2D eigenvalue weighted by Crippen LogP contribution is -2.41. The molecule has 0 saturated carbocycles. The van der Waals surface area contributed by atoms with Crippen LogP contribution in [0.1, 0.15) is 26.2 Å². The Hall–Kier alpha value is -2.67. The molecule has 7 heteroatoms. The van der Waals surface area contributed by atoms with E-state index in [9.17, 15) is 9.18 Å². The number of anilines is 1. The van der Waals surface area contributed by atoms with E-state index in [0.29, 0.717) is 18.8 Å². The smallest absolute Gasteiger partial charge is 0.322 e. The Balaban J connectivity index is 1.68. The number of benzene rings is 1. The van der Waals surface area contributed by atoms with Crippen molar-refractivity contribution >= 4 is 11.7 Å². The van der Waals surface area contributed by atoms with Crippen molar-refractivity contribution in [1.29, 1.82) is 0 Å². The van der Waals surface area contributed by atoms with Crippen LogP contribution in [0.5, 0.6) is 11.6 Å². The van der Waals surface area contributed by atoms with Crippen LogP contribution in [-0.4, -0.2) is 41.7 Å². The summed E-state index contributed by atoms with van der Waals surface area (Å²) < 4.78 is 25.1. The maximum atomic E-state index is 13.9. The van der Waals surface area contributed by atoms with E-state index in [4.69, 9.17) is 9.47 Å². The number of hydrogen-bond acceptors (Lipinski definition) is 4. The van der Waals surface area contributed by atoms with Crippen molar-refractivity contribution in [1.82, 2.24) is 9.88 Å². The number of nitrogens with zero attached hydrogens (tertiary/aromatic N) is 2. The topological polar surface area (TPSA) is 63.7 Å². The molecule has 1 aromatic carbocycles. The highest BCUT2D eigenvalue weighted by Crippen LogP contribution is 2.28. The average Bonchev–Trinajstić information content (AvgIpc) is 2.70. The third-order valence-electron chi connectivity index (χ3n) is 4.42. The predicted octanol–water partition coefficient (Wildman–Crippen LogP) is 4.44. The summed E-state index contributed by atoms with van der Waals surface area (Å²) in [6.07, 6.45) is 4.74. The lowest BCUT2D eigenvalue weighted by atomic mass is 10.1. The fourth-order valence-electron chi connectivity index (χ4n) is 2.95. The van der Waals surface area contributed by atoms with Crippen molar-refractivity contribution in [3.05, 3.63) is 48.4 Å². The fraction of sp³-hybridized carbons (Fsp3) is 0.400. The molecule has 2 heterocycles. The molecule has 1 atom stereocenters. The number of pyridine rings is 1. The molecule has 0 spiro atoms. The highest BCUT2D eigenvalue weighted by atomic mass is 19.1. The molecule has 6 nitrogen and oxygen atoms in total. The van der Waals surface area contributed by atoms with Gasteiger partial charge >= 0.3 is 6.03 Å². The van der Waals surface area contributed by atoms with E-state index < -0.39 is 5.82 Å².